The second kappa shape index (κ2) is 2.08. The van der Waals surface area contributed by atoms with Crippen LogP contribution in [0.2, 0.25) is 0 Å². The van der Waals surface area contributed by atoms with Crippen LogP contribution in [-0.2, 0) is 6.42 Å². The van der Waals surface area contributed by atoms with Gasteiger partial charge in [-0.05, 0) is 12.8 Å². The highest BCUT2D eigenvalue weighted by molar-refractivity contribution is 4.99. The minimum atomic E-state index is 0.591. The van der Waals surface area contributed by atoms with Gasteiger partial charge in [-0.15, -0.1) is 10.2 Å². The molecule has 1 heterocycles. The van der Waals surface area contributed by atoms with Crippen molar-refractivity contribution >= 4 is 0 Å². The van der Waals surface area contributed by atoms with Gasteiger partial charge in [0.05, 0.1) is 0 Å². The van der Waals surface area contributed by atoms with Gasteiger partial charge in [0.15, 0.2) is 0 Å². The van der Waals surface area contributed by atoms with Crippen LogP contribution in [0.15, 0.2) is 4.42 Å². The molecule has 3 heteroatoms. The van der Waals surface area contributed by atoms with E-state index in [9.17, 15) is 0 Å². The number of aromatic nitrogens is 2. The zero-order valence-electron chi connectivity index (χ0n) is 6.00. The quantitative estimate of drug-likeness (QED) is 0.621. The van der Waals surface area contributed by atoms with Gasteiger partial charge in [0, 0.05) is 12.3 Å². The summed E-state index contributed by atoms with van der Waals surface area (Å²) in [6.07, 6.45) is 3.30. The van der Waals surface area contributed by atoms with E-state index in [2.05, 4.69) is 10.2 Å². The largest absolute Gasteiger partial charge is 0.425 e. The molecule has 0 spiro atoms. The normalized spacial score (nSPS) is 17.7. The van der Waals surface area contributed by atoms with Gasteiger partial charge in [-0.1, -0.05) is 6.92 Å². The molecule has 1 aromatic heterocycles. The van der Waals surface area contributed by atoms with Gasteiger partial charge in [0.1, 0.15) is 0 Å². The lowest BCUT2D eigenvalue weighted by Crippen LogP contribution is -1.77. The van der Waals surface area contributed by atoms with Gasteiger partial charge in [-0.2, -0.15) is 0 Å². The fourth-order valence-electron chi connectivity index (χ4n) is 0.905. The lowest BCUT2D eigenvalue weighted by atomic mass is 10.4. The van der Waals surface area contributed by atoms with Crippen molar-refractivity contribution in [3.05, 3.63) is 11.8 Å². The van der Waals surface area contributed by atoms with E-state index in [1.54, 1.807) is 0 Å². The molecule has 0 unspecified atom stereocenters. The molecule has 1 aliphatic rings. The summed E-state index contributed by atoms with van der Waals surface area (Å²) in [5.74, 6) is 2.20. The highest BCUT2D eigenvalue weighted by Gasteiger charge is 2.28. The van der Waals surface area contributed by atoms with E-state index in [-0.39, 0.29) is 0 Å². The Morgan fingerprint density at radius 2 is 2.30 bits per heavy atom. The molecule has 1 aliphatic carbocycles. The summed E-state index contributed by atoms with van der Waals surface area (Å²) in [4.78, 5) is 0. The van der Waals surface area contributed by atoms with Gasteiger partial charge >= 0.3 is 0 Å². The Kier molecular flexibility index (Phi) is 1.22. The number of hydrogen-bond donors (Lipinski definition) is 0. The maximum atomic E-state index is 5.33. The minimum Gasteiger partial charge on any atom is -0.425 e. The lowest BCUT2D eigenvalue weighted by molar-refractivity contribution is 0.455. The zero-order chi connectivity index (χ0) is 6.97. The molecule has 0 saturated heterocycles. The van der Waals surface area contributed by atoms with Crippen LogP contribution in [0.4, 0.5) is 0 Å². The highest BCUT2D eigenvalue weighted by atomic mass is 16.4. The predicted molar refractivity (Wildman–Crippen MR) is 35.7 cm³/mol. The van der Waals surface area contributed by atoms with Crippen molar-refractivity contribution in [3.63, 3.8) is 0 Å². The van der Waals surface area contributed by atoms with E-state index in [1.807, 2.05) is 6.92 Å². The van der Waals surface area contributed by atoms with E-state index < -0.39 is 0 Å². The summed E-state index contributed by atoms with van der Waals surface area (Å²) >= 11 is 0. The molecule has 1 saturated carbocycles. The summed E-state index contributed by atoms with van der Waals surface area (Å²) in [5.41, 5.74) is 0. The minimum absolute atomic E-state index is 0.591. The molecular formula is C7H10N2O. The smallest absolute Gasteiger partial charge is 0.219 e. The van der Waals surface area contributed by atoms with Crippen LogP contribution >= 0.6 is 0 Å². The topological polar surface area (TPSA) is 38.9 Å². The van der Waals surface area contributed by atoms with E-state index in [1.165, 1.54) is 12.8 Å². The van der Waals surface area contributed by atoms with Crippen molar-refractivity contribution in [1.29, 1.82) is 0 Å². The lowest BCUT2D eigenvalue weighted by Gasteiger charge is -1.83. The predicted octanol–water partition coefficient (Wildman–Crippen LogP) is 1.51. The number of nitrogens with zero attached hydrogens (tertiary/aromatic N) is 2. The molecule has 3 nitrogen and oxygen atoms in total. The Balaban J connectivity index is 2.19. The summed E-state index contributed by atoms with van der Waals surface area (Å²) in [6, 6.07) is 0. The van der Waals surface area contributed by atoms with Crippen molar-refractivity contribution in [3.8, 4) is 0 Å². The Labute approximate surface area is 59.5 Å². The van der Waals surface area contributed by atoms with Crippen molar-refractivity contribution in [2.75, 3.05) is 0 Å². The van der Waals surface area contributed by atoms with E-state index in [0.717, 1.165) is 18.2 Å². The summed E-state index contributed by atoms with van der Waals surface area (Å²) in [6.45, 7) is 2.02. The first-order chi connectivity index (χ1) is 4.90. The number of rotatable bonds is 2. The molecule has 0 aliphatic heterocycles. The molecule has 0 radical (unpaired) electrons. The van der Waals surface area contributed by atoms with E-state index in [0.29, 0.717) is 5.92 Å². The molecule has 1 fully saturated rings. The van der Waals surface area contributed by atoms with Crippen LogP contribution in [0.1, 0.15) is 37.5 Å². The van der Waals surface area contributed by atoms with Crippen LogP contribution in [0, 0.1) is 0 Å². The van der Waals surface area contributed by atoms with Gasteiger partial charge in [-0.25, -0.2) is 0 Å². The third-order valence-electron chi connectivity index (χ3n) is 1.71. The first kappa shape index (κ1) is 5.89. The van der Waals surface area contributed by atoms with Crippen LogP contribution in [-0.4, -0.2) is 10.2 Å². The standard InChI is InChI=1S/C7H10N2O/c1-2-6-8-9-7(10-6)5-3-4-5/h5H,2-4H2,1H3. The SMILES string of the molecule is CCc1nnc(C2CC2)o1. The first-order valence-electron chi connectivity index (χ1n) is 3.72. The maximum absolute atomic E-state index is 5.33. The second-order valence-corrected chi connectivity index (χ2v) is 2.66. The molecule has 0 bridgehead atoms. The number of hydrogen-bond acceptors (Lipinski definition) is 3. The number of aryl methyl sites for hydroxylation is 1. The van der Waals surface area contributed by atoms with Gasteiger partial charge < -0.3 is 4.42 Å². The Bertz CT molecular complexity index is 227. The zero-order valence-corrected chi connectivity index (χ0v) is 6.00. The highest BCUT2D eigenvalue weighted by Crippen LogP contribution is 2.38. The maximum Gasteiger partial charge on any atom is 0.219 e. The molecule has 54 valence electrons. The molecule has 0 atom stereocenters. The monoisotopic (exact) mass is 138 g/mol. The van der Waals surface area contributed by atoms with Crippen LogP contribution < -0.4 is 0 Å². The van der Waals surface area contributed by atoms with Gasteiger partial charge in [0.2, 0.25) is 11.8 Å². The Morgan fingerprint density at radius 3 is 2.80 bits per heavy atom. The van der Waals surface area contributed by atoms with Gasteiger partial charge in [0.25, 0.3) is 0 Å². The van der Waals surface area contributed by atoms with Crippen LogP contribution in [0.3, 0.4) is 0 Å². The molecule has 2 rings (SSSR count). The van der Waals surface area contributed by atoms with E-state index >= 15 is 0 Å². The van der Waals surface area contributed by atoms with Crippen molar-refractivity contribution in [1.82, 2.24) is 10.2 Å². The Hall–Kier alpha value is -0.860. The summed E-state index contributed by atoms with van der Waals surface area (Å²) < 4.78 is 5.33. The van der Waals surface area contributed by atoms with Crippen molar-refractivity contribution < 1.29 is 4.42 Å². The van der Waals surface area contributed by atoms with E-state index in [4.69, 9.17) is 4.42 Å². The van der Waals surface area contributed by atoms with Crippen molar-refractivity contribution in [2.24, 2.45) is 0 Å². The molecular weight excluding hydrogens is 128 g/mol. The second-order valence-electron chi connectivity index (χ2n) is 2.66. The molecule has 0 aromatic carbocycles. The average molecular weight is 138 g/mol. The van der Waals surface area contributed by atoms with Crippen molar-refractivity contribution in [2.45, 2.75) is 32.1 Å². The first-order valence-corrected chi connectivity index (χ1v) is 3.72. The van der Waals surface area contributed by atoms with Crippen LogP contribution in [0.25, 0.3) is 0 Å². The van der Waals surface area contributed by atoms with Gasteiger partial charge in [-0.3, -0.25) is 0 Å². The third-order valence-corrected chi connectivity index (χ3v) is 1.71. The summed E-state index contributed by atoms with van der Waals surface area (Å²) in [5, 5.41) is 7.81. The molecule has 10 heavy (non-hydrogen) atoms. The fourth-order valence-corrected chi connectivity index (χ4v) is 0.905. The third kappa shape index (κ3) is 0.916. The summed E-state index contributed by atoms with van der Waals surface area (Å²) in [7, 11) is 0. The average Bonchev–Trinajstić information content (AvgIpc) is 2.70. The molecule has 0 N–H and O–H groups in total. The Morgan fingerprint density at radius 1 is 1.50 bits per heavy atom. The van der Waals surface area contributed by atoms with Crippen LogP contribution in [0.5, 0.6) is 0 Å². The molecule has 0 amide bonds. The molecule has 1 aromatic rings. The fraction of sp³-hybridized carbons (Fsp3) is 0.714.